The van der Waals surface area contributed by atoms with Crippen molar-refractivity contribution in [1.29, 1.82) is 0 Å². The smallest absolute Gasteiger partial charge is 0.0934 e. The van der Waals surface area contributed by atoms with Gasteiger partial charge in [0.05, 0.1) is 22.8 Å². The van der Waals surface area contributed by atoms with Crippen LogP contribution >= 0.6 is 0 Å². The minimum absolute atomic E-state index is 0.248. The zero-order chi connectivity index (χ0) is 51.4. The number of fused-ring (bicyclic) bond motifs is 6. The molecule has 0 N–H and O–H groups in total. The summed E-state index contributed by atoms with van der Waals surface area (Å²) >= 11 is 0. The largest absolute Gasteiger partial charge is 0.248 e. The molecule has 11 aromatic rings. The zero-order valence-electron chi connectivity index (χ0n) is 43.8. The van der Waals surface area contributed by atoms with Crippen LogP contribution in [-0.2, 0) is 10.8 Å². The van der Waals surface area contributed by atoms with Gasteiger partial charge in [-0.1, -0.05) is 222 Å². The van der Waals surface area contributed by atoms with E-state index >= 15 is 0 Å². The maximum atomic E-state index is 5.82. The summed E-state index contributed by atoms with van der Waals surface area (Å²) in [6.45, 7) is 9.34. The molecule has 0 saturated heterocycles. The minimum Gasteiger partial charge on any atom is -0.248 e. The van der Waals surface area contributed by atoms with Crippen LogP contribution in [0.5, 0.6) is 0 Å². The van der Waals surface area contributed by atoms with Crippen LogP contribution < -0.4 is 0 Å². The molecule has 1 heterocycles. The molecule has 13 rings (SSSR count). The Kier molecular flexibility index (Phi) is 11.9. The lowest BCUT2D eigenvalue weighted by atomic mass is 9.75. The van der Waals surface area contributed by atoms with Crippen molar-refractivity contribution < 1.29 is 0 Å². The van der Waals surface area contributed by atoms with Crippen molar-refractivity contribution in [3.63, 3.8) is 0 Å². The molecule has 76 heavy (non-hydrogen) atoms. The molecule has 1 aromatic heterocycles. The lowest BCUT2D eigenvalue weighted by Gasteiger charge is -2.30. The highest BCUT2D eigenvalue weighted by Gasteiger charge is 2.49. The van der Waals surface area contributed by atoms with Crippen LogP contribution in [0, 0.1) is 0 Å². The number of aromatic nitrogens is 2. The molecule has 2 heteroatoms. The highest BCUT2D eigenvalue weighted by molar-refractivity contribution is 5.88. The average Bonchev–Trinajstić information content (AvgIpc) is 4.08. The first-order valence-electron chi connectivity index (χ1n) is 27.4. The van der Waals surface area contributed by atoms with Crippen molar-refractivity contribution in [3.05, 3.63) is 265 Å². The number of benzene rings is 10. The second kappa shape index (κ2) is 19.2. The van der Waals surface area contributed by atoms with Crippen molar-refractivity contribution in [1.82, 2.24) is 9.97 Å². The Morgan fingerprint density at radius 3 is 0.711 bits per heavy atom. The Balaban J connectivity index is 0.828. The second-order valence-corrected chi connectivity index (χ2v) is 20.9. The van der Waals surface area contributed by atoms with E-state index in [9.17, 15) is 0 Å². The van der Waals surface area contributed by atoms with E-state index in [0.717, 1.165) is 48.5 Å². The van der Waals surface area contributed by atoms with Gasteiger partial charge in [0.2, 0.25) is 0 Å². The van der Waals surface area contributed by atoms with Gasteiger partial charge in [0.15, 0.2) is 0 Å². The standard InChI is InChI=1S/C74H60N2/c1-5-73(6-2)67-47-57(53-29-33-55(34-30-53)63-43-59(49-21-13-9-14-22-49)41-60(44-63)50-23-15-10-16-24-50)37-39-65(67)69-71(73)75-70-66-40-38-58(48-68(66)74(7-3,8-4)72(70)76-69)54-31-35-56(36-32-54)64-45-61(51-25-17-11-18-26-51)42-62(46-64)52-27-19-12-20-28-52/h9-48H,5-8H2,1-4H3. The molecule has 2 aliphatic rings. The first-order valence-corrected chi connectivity index (χ1v) is 27.4. The molecule has 2 nitrogen and oxygen atoms in total. The van der Waals surface area contributed by atoms with Gasteiger partial charge >= 0.3 is 0 Å². The molecule has 0 radical (unpaired) electrons. The molecule has 0 unspecified atom stereocenters. The molecule has 0 saturated carbocycles. The highest BCUT2D eigenvalue weighted by atomic mass is 14.9. The van der Waals surface area contributed by atoms with E-state index in [1.807, 2.05) is 0 Å². The van der Waals surface area contributed by atoms with Crippen LogP contribution in [0.15, 0.2) is 243 Å². The van der Waals surface area contributed by atoms with Crippen LogP contribution in [0.3, 0.4) is 0 Å². The summed E-state index contributed by atoms with van der Waals surface area (Å²) in [5.41, 5.74) is 28.4. The second-order valence-electron chi connectivity index (χ2n) is 20.9. The zero-order valence-corrected chi connectivity index (χ0v) is 43.8. The van der Waals surface area contributed by atoms with E-state index in [-0.39, 0.29) is 10.8 Å². The van der Waals surface area contributed by atoms with Crippen LogP contribution in [0.4, 0.5) is 0 Å². The highest BCUT2D eigenvalue weighted by Crippen LogP contribution is 2.58. The minimum atomic E-state index is -0.248. The van der Waals surface area contributed by atoms with Crippen molar-refractivity contribution in [2.24, 2.45) is 0 Å². The predicted octanol–water partition coefficient (Wildman–Crippen LogP) is 20.0. The molecule has 0 bridgehead atoms. The molecule has 10 aromatic carbocycles. The van der Waals surface area contributed by atoms with Crippen LogP contribution in [0.2, 0.25) is 0 Å². The Hall–Kier alpha value is -8.72. The van der Waals surface area contributed by atoms with Gasteiger partial charge in [-0.15, -0.1) is 0 Å². The summed E-state index contributed by atoms with van der Waals surface area (Å²) in [5, 5.41) is 0. The van der Waals surface area contributed by atoms with Crippen molar-refractivity contribution in [2.45, 2.75) is 64.2 Å². The fourth-order valence-corrected chi connectivity index (χ4v) is 12.8. The predicted molar refractivity (Wildman–Crippen MR) is 319 cm³/mol. The van der Waals surface area contributed by atoms with Crippen molar-refractivity contribution in [3.8, 4) is 112 Å². The third-order valence-electron chi connectivity index (χ3n) is 17.2. The molecule has 2 aliphatic carbocycles. The van der Waals surface area contributed by atoms with Crippen molar-refractivity contribution >= 4 is 0 Å². The molecule has 0 aliphatic heterocycles. The van der Waals surface area contributed by atoms with Gasteiger partial charge in [0.25, 0.3) is 0 Å². The normalized spacial score (nSPS) is 13.4. The van der Waals surface area contributed by atoms with E-state index in [2.05, 4.69) is 270 Å². The number of hydrogen-bond donors (Lipinski definition) is 0. The summed E-state index contributed by atoms with van der Waals surface area (Å²) in [6.07, 6.45) is 3.78. The van der Waals surface area contributed by atoms with E-state index in [4.69, 9.17) is 9.97 Å². The van der Waals surface area contributed by atoms with E-state index < -0.39 is 0 Å². The summed E-state index contributed by atoms with van der Waals surface area (Å²) < 4.78 is 0. The maximum absolute atomic E-state index is 5.82. The van der Waals surface area contributed by atoms with Crippen molar-refractivity contribution in [2.75, 3.05) is 0 Å². The quantitative estimate of drug-likeness (QED) is 0.122. The monoisotopic (exact) mass is 976 g/mol. The Bertz CT molecular complexity index is 3550. The number of hydrogen-bond acceptors (Lipinski definition) is 2. The molecule has 0 atom stereocenters. The third kappa shape index (κ3) is 7.86. The van der Waals surface area contributed by atoms with Gasteiger partial charge in [-0.2, -0.15) is 0 Å². The molecule has 366 valence electrons. The number of rotatable bonds is 12. The SMILES string of the molecule is CCC1(CC)c2cc(-c3ccc(-c4cc(-c5ccccc5)cc(-c5ccccc5)c4)cc3)ccc2-c2nc3c(nc21)-c1ccc(-c2ccc(-c4cc(-c5ccccc5)cc(-c5ccccc5)c4)cc2)cc1C3(CC)CC. The van der Waals surface area contributed by atoms with Gasteiger partial charge in [-0.05, 0) is 174 Å². The molecular weight excluding hydrogens is 917 g/mol. The van der Waals surface area contributed by atoms with Gasteiger partial charge in [0.1, 0.15) is 0 Å². The molecular formula is C74H60N2. The van der Waals surface area contributed by atoms with Crippen LogP contribution in [0.1, 0.15) is 75.9 Å². The van der Waals surface area contributed by atoms with Gasteiger partial charge < -0.3 is 0 Å². The topological polar surface area (TPSA) is 25.8 Å². The van der Waals surface area contributed by atoms with E-state index in [0.29, 0.717) is 0 Å². The van der Waals surface area contributed by atoms with Crippen LogP contribution in [-0.4, -0.2) is 9.97 Å². The maximum Gasteiger partial charge on any atom is 0.0934 e. The number of nitrogens with zero attached hydrogens (tertiary/aromatic N) is 2. The molecule has 0 spiro atoms. The first kappa shape index (κ1) is 47.0. The Labute approximate surface area is 448 Å². The van der Waals surface area contributed by atoms with Crippen LogP contribution in [0.25, 0.3) is 112 Å². The average molecular weight is 977 g/mol. The Morgan fingerprint density at radius 1 is 0.237 bits per heavy atom. The van der Waals surface area contributed by atoms with Gasteiger partial charge in [0, 0.05) is 22.0 Å². The first-order chi connectivity index (χ1) is 37.4. The molecule has 0 fully saturated rings. The third-order valence-corrected chi connectivity index (χ3v) is 17.2. The summed E-state index contributed by atoms with van der Waals surface area (Å²) in [4.78, 5) is 11.6. The van der Waals surface area contributed by atoms with E-state index in [1.165, 1.54) is 111 Å². The fourth-order valence-electron chi connectivity index (χ4n) is 12.8. The Morgan fingerprint density at radius 2 is 0.461 bits per heavy atom. The summed E-state index contributed by atoms with van der Waals surface area (Å²) in [7, 11) is 0. The molecule has 0 amide bonds. The summed E-state index contributed by atoms with van der Waals surface area (Å²) in [5.74, 6) is 0. The van der Waals surface area contributed by atoms with E-state index in [1.54, 1.807) is 0 Å². The fraction of sp³-hybridized carbons (Fsp3) is 0.135. The lowest BCUT2D eigenvalue weighted by Crippen LogP contribution is -2.27. The van der Waals surface area contributed by atoms with Gasteiger partial charge in [-0.3, -0.25) is 0 Å². The lowest BCUT2D eigenvalue weighted by molar-refractivity contribution is 0.466. The summed E-state index contributed by atoms with van der Waals surface area (Å²) in [6, 6.07) is 89.3. The van der Waals surface area contributed by atoms with Gasteiger partial charge in [-0.25, -0.2) is 9.97 Å².